The number of rotatable bonds is 3. The van der Waals surface area contributed by atoms with Gasteiger partial charge in [0.1, 0.15) is 5.75 Å². The van der Waals surface area contributed by atoms with E-state index in [1.165, 1.54) is 24.8 Å². The molecule has 0 spiro atoms. The Labute approximate surface area is 129 Å². The van der Waals surface area contributed by atoms with Gasteiger partial charge < -0.3 is 9.84 Å². The third-order valence-electron chi connectivity index (χ3n) is 4.86. The van der Waals surface area contributed by atoms with E-state index in [0.717, 1.165) is 41.7 Å². The fourth-order valence-electron chi connectivity index (χ4n) is 3.73. The number of hydrogen-bond donors (Lipinski definition) is 1. The molecule has 1 heterocycles. The van der Waals surface area contributed by atoms with Gasteiger partial charge in [-0.1, -0.05) is 35.2 Å². The predicted octanol–water partition coefficient (Wildman–Crippen LogP) is 4.26. The maximum Gasteiger partial charge on any atom is 0.125 e. The SMILES string of the molecule is CC(O)(Cc1cc(Br)cc2c1OCC2)C1CCCCC1. The van der Waals surface area contributed by atoms with Crippen molar-refractivity contribution in [1.82, 2.24) is 0 Å². The smallest absolute Gasteiger partial charge is 0.125 e. The van der Waals surface area contributed by atoms with E-state index in [2.05, 4.69) is 28.1 Å². The van der Waals surface area contributed by atoms with Gasteiger partial charge in [0.2, 0.25) is 0 Å². The Bertz CT molecular complexity index is 490. The van der Waals surface area contributed by atoms with Gasteiger partial charge >= 0.3 is 0 Å². The average Bonchev–Trinajstić information content (AvgIpc) is 2.87. The summed E-state index contributed by atoms with van der Waals surface area (Å²) in [5.74, 6) is 1.44. The summed E-state index contributed by atoms with van der Waals surface area (Å²) < 4.78 is 6.88. The van der Waals surface area contributed by atoms with E-state index in [-0.39, 0.29) is 0 Å². The molecule has 1 unspecified atom stereocenters. The Hall–Kier alpha value is -0.540. The normalized spacial score (nSPS) is 22.1. The van der Waals surface area contributed by atoms with Crippen LogP contribution in [0.4, 0.5) is 0 Å². The van der Waals surface area contributed by atoms with Crippen molar-refractivity contribution in [2.75, 3.05) is 6.61 Å². The number of aliphatic hydroxyl groups is 1. The summed E-state index contributed by atoms with van der Waals surface area (Å²) in [6.07, 6.45) is 7.82. The zero-order valence-corrected chi connectivity index (χ0v) is 13.7. The number of benzene rings is 1. The molecule has 1 aliphatic carbocycles. The summed E-state index contributed by atoms with van der Waals surface area (Å²) in [6, 6.07) is 4.25. The van der Waals surface area contributed by atoms with E-state index in [1.54, 1.807) is 0 Å². The lowest BCUT2D eigenvalue weighted by Crippen LogP contribution is -2.38. The van der Waals surface area contributed by atoms with Crippen LogP contribution in [-0.4, -0.2) is 17.3 Å². The highest BCUT2D eigenvalue weighted by Crippen LogP contribution is 2.39. The molecule has 0 saturated heterocycles. The Morgan fingerprint density at radius 2 is 2.05 bits per heavy atom. The van der Waals surface area contributed by atoms with Gasteiger partial charge in [0.25, 0.3) is 0 Å². The monoisotopic (exact) mass is 338 g/mol. The third kappa shape index (κ3) is 2.89. The van der Waals surface area contributed by atoms with Gasteiger partial charge in [0, 0.05) is 17.3 Å². The maximum atomic E-state index is 10.9. The highest BCUT2D eigenvalue weighted by Gasteiger charge is 2.34. The van der Waals surface area contributed by atoms with Gasteiger partial charge in [-0.2, -0.15) is 0 Å². The van der Waals surface area contributed by atoms with E-state index >= 15 is 0 Å². The third-order valence-corrected chi connectivity index (χ3v) is 5.32. The topological polar surface area (TPSA) is 29.5 Å². The lowest BCUT2D eigenvalue weighted by molar-refractivity contribution is -0.0163. The standard InChI is InChI=1S/C17H23BrO2/c1-17(19,14-5-3-2-4-6-14)11-13-10-15(18)9-12-7-8-20-16(12)13/h9-10,14,19H,2-8,11H2,1H3. The maximum absolute atomic E-state index is 10.9. The second kappa shape index (κ2) is 5.69. The molecule has 20 heavy (non-hydrogen) atoms. The van der Waals surface area contributed by atoms with Crippen LogP contribution < -0.4 is 4.74 Å². The molecule has 1 aromatic carbocycles. The zero-order valence-electron chi connectivity index (χ0n) is 12.1. The molecule has 0 aromatic heterocycles. The van der Waals surface area contributed by atoms with Crippen LogP contribution in [-0.2, 0) is 12.8 Å². The second-order valence-corrected chi connectivity index (χ2v) is 7.44. The van der Waals surface area contributed by atoms with E-state index in [0.29, 0.717) is 12.3 Å². The Kier molecular flexibility index (Phi) is 4.09. The summed E-state index contributed by atoms with van der Waals surface area (Å²) in [4.78, 5) is 0. The number of hydrogen-bond acceptors (Lipinski definition) is 2. The van der Waals surface area contributed by atoms with Crippen LogP contribution in [0.15, 0.2) is 16.6 Å². The van der Waals surface area contributed by atoms with Crippen LogP contribution in [0.1, 0.15) is 50.2 Å². The highest BCUT2D eigenvalue weighted by molar-refractivity contribution is 9.10. The minimum Gasteiger partial charge on any atom is -0.493 e. The Morgan fingerprint density at radius 3 is 2.80 bits per heavy atom. The fourth-order valence-corrected chi connectivity index (χ4v) is 4.28. The van der Waals surface area contributed by atoms with Gasteiger partial charge in [-0.15, -0.1) is 0 Å². The highest BCUT2D eigenvalue weighted by atomic mass is 79.9. The van der Waals surface area contributed by atoms with Crippen molar-refractivity contribution < 1.29 is 9.84 Å². The van der Waals surface area contributed by atoms with Crippen LogP contribution in [0.3, 0.4) is 0 Å². The fraction of sp³-hybridized carbons (Fsp3) is 0.647. The lowest BCUT2D eigenvalue weighted by Gasteiger charge is -2.36. The minimum atomic E-state index is -0.624. The second-order valence-electron chi connectivity index (χ2n) is 6.52. The van der Waals surface area contributed by atoms with Crippen molar-refractivity contribution in [2.45, 2.75) is 57.5 Å². The van der Waals surface area contributed by atoms with Crippen molar-refractivity contribution in [3.8, 4) is 5.75 Å². The number of halogens is 1. The zero-order chi connectivity index (χ0) is 14.2. The van der Waals surface area contributed by atoms with Crippen LogP contribution in [0.2, 0.25) is 0 Å². The molecule has 1 aliphatic heterocycles. The molecule has 110 valence electrons. The first-order chi connectivity index (χ1) is 9.56. The molecule has 1 saturated carbocycles. The molecule has 1 atom stereocenters. The van der Waals surface area contributed by atoms with E-state index in [9.17, 15) is 5.11 Å². The molecule has 0 amide bonds. The molecule has 3 heteroatoms. The van der Waals surface area contributed by atoms with Crippen LogP contribution in [0, 0.1) is 5.92 Å². The average molecular weight is 339 g/mol. The molecular formula is C17H23BrO2. The van der Waals surface area contributed by atoms with Crippen LogP contribution in [0.5, 0.6) is 5.75 Å². The summed E-state index contributed by atoms with van der Waals surface area (Å²) in [5, 5.41) is 10.9. The van der Waals surface area contributed by atoms with Crippen molar-refractivity contribution >= 4 is 15.9 Å². The van der Waals surface area contributed by atoms with Gasteiger partial charge in [0.15, 0.2) is 0 Å². The molecule has 1 aromatic rings. The van der Waals surface area contributed by atoms with Gasteiger partial charge in [-0.25, -0.2) is 0 Å². The van der Waals surface area contributed by atoms with Gasteiger partial charge in [0.05, 0.1) is 12.2 Å². The predicted molar refractivity (Wildman–Crippen MR) is 84.2 cm³/mol. The van der Waals surface area contributed by atoms with Crippen LogP contribution in [0.25, 0.3) is 0 Å². The number of fused-ring (bicyclic) bond motifs is 1. The van der Waals surface area contributed by atoms with Crippen LogP contribution >= 0.6 is 15.9 Å². The van der Waals surface area contributed by atoms with Gasteiger partial charge in [-0.05, 0) is 48.9 Å². The molecular weight excluding hydrogens is 316 g/mol. The first-order valence-electron chi connectivity index (χ1n) is 7.73. The molecule has 3 rings (SSSR count). The van der Waals surface area contributed by atoms with Gasteiger partial charge in [-0.3, -0.25) is 0 Å². The first kappa shape index (κ1) is 14.4. The van der Waals surface area contributed by atoms with Crippen molar-refractivity contribution in [3.05, 3.63) is 27.7 Å². The summed E-state index contributed by atoms with van der Waals surface area (Å²) in [6.45, 7) is 2.77. The van der Waals surface area contributed by atoms with E-state index in [4.69, 9.17) is 4.74 Å². The van der Waals surface area contributed by atoms with Crippen molar-refractivity contribution in [1.29, 1.82) is 0 Å². The van der Waals surface area contributed by atoms with E-state index < -0.39 is 5.60 Å². The molecule has 0 radical (unpaired) electrons. The largest absolute Gasteiger partial charge is 0.493 e. The molecule has 1 N–H and O–H groups in total. The van der Waals surface area contributed by atoms with Crippen molar-refractivity contribution in [2.24, 2.45) is 5.92 Å². The summed E-state index contributed by atoms with van der Waals surface area (Å²) in [5.41, 5.74) is 1.80. The molecule has 1 fully saturated rings. The number of ether oxygens (including phenoxy) is 1. The lowest BCUT2D eigenvalue weighted by atomic mass is 9.75. The quantitative estimate of drug-likeness (QED) is 0.892. The Morgan fingerprint density at radius 1 is 1.30 bits per heavy atom. The molecule has 0 bridgehead atoms. The molecule has 2 aliphatic rings. The van der Waals surface area contributed by atoms with E-state index in [1.807, 2.05) is 6.92 Å². The summed E-state index contributed by atoms with van der Waals surface area (Å²) >= 11 is 3.58. The Balaban J connectivity index is 1.83. The first-order valence-corrected chi connectivity index (χ1v) is 8.52. The molecule has 2 nitrogen and oxygen atoms in total. The summed E-state index contributed by atoms with van der Waals surface area (Å²) in [7, 11) is 0. The van der Waals surface area contributed by atoms with Crippen molar-refractivity contribution in [3.63, 3.8) is 0 Å². The minimum absolute atomic E-state index is 0.423.